The fraction of sp³-hybridized carbons (Fsp3) is 0.462. The molecule has 1 amide bonds. The molecule has 0 unspecified atom stereocenters. The van der Waals surface area contributed by atoms with Crippen LogP contribution >= 0.6 is 0 Å². The molecule has 0 radical (unpaired) electrons. The standard InChI is InChI=1S/C13H21N3O3S/c1-13(2,3)9-15-8-12(17)16-10-4-6-11(7-5-10)20(14,18)19/h4-7,15H,8-9H2,1-3H3,(H,16,17)(H2,14,18,19). The predicted octanol–water partition coefficient (Wildman–Crippen LogP) is 0.908. The van der Waals surface area contributed by atoms with Gasteiger partial charge in [0.05, 0.1) is 11.4 Å². The number of nitrogens with two attached hydrogens (primary N) is 1. The number of anilines is 1. The number of hydrogen-bond acceptors (Lipinski definition) is 4. The Bertz CT molecular complexity index is 560. The molecule has 0 aliphatic rings. The van der Waals surface area contributed by atoms with Crippen molar-refractivity contribution in [2.24, 2.45) is 10.6 Å². The summed E-state index contributed by atoms with van der Waals surface area (Å²) in [5, 5.41) is 10.7. The summed E-state index contributed by atoms with van der Waals surface area (Å²) in [5.74, 6) is -0.183. The lowest BCUT2D eigenvalue weighted by Gasteiger charge is -2.18. The molecule has 0 atom stereocenters. The minimum atomic E-state index is -3.70. The first-order valence-electron chi connectivity index (χ1n) is 6.21. The van der Waals surface area contributed by atoms with Gasteiger partial charge >= 0.3 is 0 Å². The van der Waals surface area contributed by atoms with Gasteiger partial charge in [-0.15, -0.1) is 0 Å². The molecule has 1 aromatic carbocycles. The molecule has 0 fully saturated rings. The highest BCUT2D eigenvalue weighted by Crippen LogP contribution is 2.13. The van der Waals surface area contributed by atoms with E-state index in [0.29, 0.717) is 5.69 Å². The first-order chi connectivity index (χ1) is 9.08. The van der Waals surface area contributed by atoms with Crippen LogP contribution in [0, 0.1) is 5.41 Å². The summed E-state index contributed by atoms with van der Waals surface area (Å²) in [5.41, 5.74) is 0.636. The number of benzene rings is 1. The normalized spacial score (nSPS) is 12.2. The maximum absolute atomic E-state index is 11.7. The van der Waals surface area contributed by atoms with Crippen molar-refractivity contribution in [3.63, 3.8) is 0 Å². The van der Waals surface area contributed by atoms with E-state index in [0.717, 1.165) is 6.54 Å². The number of carbonyl (C=O) groups is 1. The smallest absolute Gasteiger partial charge is 0.238 e. The zero-order chi connectivity index (χ0) is 15.4. The molecule has 4 N–H and O–H groups in total. The minimum Gasteiger partial charge on any atom is -0.325 e. The van der Waals surface area contributed by atoms with Crippen LogP contribution in [0.3, 0.4) is 0 Å². The van der Waals surface area contributed by atoms with Gasteiger partial charge in [-0.1, -0.05) is 20.8 Å². The lowest BCUT2D eigenvalue weighted by Crippen LogP contribution is -2.33. The Hall–Kier alpha value is -1.44. The van der Waals surface area contributed by atoms with Crippen molar-refractivity contribution in [2.45, 2.75) is 25.7 Å². The number of sulfonamides is 1. The monoisotopic (exact) mass is 299 g/mol. The number of rotatable bonds is 5. The molecule has 1 aromatic rings. The van der Waals surface area contributed by atoms with Crippen molar-refractivity contribution in [2.75, 3.05) is 18.4 Å². The minimum absolute atomic E-state index is 0.0151. The van der Waals surface area contributed by atoms with Gasteiger partial charge in [-0.3, -0.25) is 4.79 Å². The summed E-state index contributed by atoms with van der Waals surface area (Å²) >= 11 is 0. The summed E-state index contributed by atoms with van der Waals surface area (Å²) in [6.07, 6.45) is 0. The van der Waals surface area contributed by atoms with Crippen LogP contribution in [0.15, 0.2) is 29.2 Å². The summed E-state index contributed by atoms with van der Waals surface area (Å²) in [7, 11) is -3.70. The highest BCUT2D eigenvalue weighted by atomic mass is 32.2. The van der Waals surface area contributed by atoms with E-state index in [-0.39, 0.29) is 22.8 Å². The third-order valence-corrected chi connectivity index (χ3v) is 3.34. The second-order valence-electron chi connectivity index (χ2n) is 5.78. The fourth-order valence-electron chi connectivity index (χ4n) is 1.48. The van der Waals surface area contributed by atoms with E-state index in [1.807, 2.05) is 0 Å². The Morgan fingerprint density at radius 3 is 2.20 bits per heavy atom. The molecule has 0 saturated carbocycles. The molecule has 20 heavy (non-hydrogen) atoms. The van der Waals surface area contributed by atoms with Gasteiger partial charge in [-0.2, -0.15) is 0 Å². The van der Waals surface area contributed by atoms with Crippen molar-refractivity contribution in [3.8, 4) is 0 Å². The SMILES string of the molecule is CC(C)(C)CNCC(=O)Nc1ccc(S(N)(=O)=O)cc1. The van der Waals surface area contributed by atoms with Crippen molar-refractivity contribution in [1.82, 2.24) is 5.32 Å². The molecule has 0 aliphatic heterocycles. The highest BCUT2D eigenvalue weighted by Gasteiger charge is 2.11. The van der Waals surface area contributed by atoms with E-state index in [9.17, 15) is 13.2 Å². The number of hydrogen-bond donors (Lipinski definition) is 3. The van der Waals surface area contributed by atoms with Crippen molar-refractivity contribution < 1.29 is 13.2 Å². The van der Waals surface area contributed by atoms with Crippen LogP contribution in [0.2, 0.25) is 0 Å². The van der Waals surface area contributed by atoms with Gasteiger partial charge in [0.2, 0.25) is 15.9 Å². The molecule has 0 aromatic heterocycles. The highest BCUT2D eigenvalue weighted by molar-refractivity contribution is 7.89. The van der Waals surface area contributed by atoms with Crippen molar-refractivity contribution in [3.05, 3.63) is 24.3 Å². The number of nitrogens with one attached hydrogen (secondary N) is 2. The van der Waals surface area contributed by atoms with Gasteiger partial charge in [0, 0.05) is 12.2 Å². The lowest BCUT2D eigenvalue weighted by molar-refractivity contribution is -0.115. The van der Waals surface area contributed by atoms with Crippen molar-refractivity contribution in [1.29, 1.82) is 0 Å². The molecular weight excluding hydrogens is 278 g/mol. The summed E-state index contributed by atoms with van der Waals surface area (Å²) in [6, 6.07) is 5.71. The van der Waals surface area contributed by atoms with Crippen LogP contribution < -0.4 is 15.8 Å². The van der Waals surface area contributed by atoms with Crippen LogP contribution in [0.4, 0.5) is 5.69 Å². The summed E-state index contributed by atoms with van der Waals surface area (Å²) in [6.45, 7) is 7.15. The number of primary sulfonamides is 1. The maximum atomic E-state index is 11.7. The van der Waals surface area contributed by atoms with E-state index < -0.39 is 10.0 Å². The van der Waals surface area contributed by atoms with Crippen molar-refractivity contribution >= 4 is 21.6 Å². The summed E-state index contributed by atoms with van der Waals surface area (Å²) < 4.78 is 22.2. The van der Waals surface area contributed by atoms with E-state index in [4.69, 9.17) is 5.14 Å². The van der Waals surface area contributed by atoms with Crippen LogP contribution in [0.1, 0.15) is 20.8 Å². The predicted molar refractivity (Wildman–Crippen MR) is 78.8 cm³/mol. The Balaban J connectivity index is 2.51. The second kappa shape index (κ2) is 6.34. The lowest BCUT2D eigenvalue weighted by atomic mass is 9.97. The molecule has 0 bridgehead atoms. The molecule has 0 saturated heterocycles. The van der Waals surface area contributed by atoms with Crippen LogP contribution in [0.25, 0.3) is 0 Å². The van der Waals surface area contributed by atoms with Gasteiger partial charge in [0.1, 0.15) is 0 Å². The average molecular weight is 299 g/mol. The van der Waals surface area contributed by atoms with Gasteiger partial charge in [-0.05, 0) is 29.7 Å². The fourth-order valence-corrected chi connectivity index (χ4v) is 2.00. The number of carbonyl (C=O) groups excluding carboxylic acids is 1. The Kier molecular flexibility index (Phi) is 5.27. The maximum Gasteiger partial charge on any atom is 0.238 e. The Labute approximate surface area is 119 Å². The zero-order valence-electron chi connectivity index (χ0n) is 11.9. The van der Waals surface area contributed by atoms with Gasteiger partial charge in [-0.25, -0.2) is 13.6 Å². The van der Waals surface area contributed by atoms with Gasteiger partial charge < -0.3 is 10.6 Å². The molecule has 0 spiro atoms. The van der Waals surface area contributed by atoms with Gasteiger partial charge in [0.25, 0.3) is 0 Å². The molecule has 7 heteroatoms. The molecular formula is C13H21N3O3S. The van der Waals surface area contributed by atoms with E-state index in [2.05, 4.69) is 31.4 Å². The quantitative estimate of drug-likeness (QED) is 0.752. The first kappa shape index (κ1) is 16.6. The topological polar surface area (TPSA) is 101 Å². The van der Waals surface area contributed by atoms with E-state index >= 15 is 0 Å². The summed E-state index contributed by atoms with van der Waals surface area (Å²) in [4.78, 5) is 11.7. The zero-order valence-corrected chi connectivity index (χ0v) is 12.8. The number of amides is 1. The van der Waals surface area contributed by atoms with E-state index in [1.165, 1.54) is 24.3 Å². The first-order valence-corrected chi connectivity index (χ1v) is 7.76. The molecule has 6 nitrogen and oxygen atoms in total. The van der Waals surface area contributed by atoms with Gasteiger partial charge in [0.15, 0.2) is 0 Å². The van der Waals surface area contributed by atoms with Crippen LogP contribution in [-0.2, 0) is 14.8 Å². The Morgan fingerprint density at radius 1 is 1.20 bits per heavy atom. The van der Waals surface area contributed by atoms with E-state index in [1.54, 1.807) is 0 Å². The molecule has 112 valence electrons. The molecule has 0 heterocycles. The molecule has 1 rings (SSSR count). The Morgan fingerprint density at radius 2 is 1.75 bits per heavy atom. The van der Waals surface area contributed by atoms with Crippen LogP contribution in [-0.4, -0.2) is 27.4 Å². The average Bonchev–Trinajstić information content (AvgIpc) is 2.26. The third-order valence-electron chi connectivity index (χ3n) is 2.41. The largest absolute Gasteiger partial charge is 0.325 e. The second-order valence-corrected chi connectivity index (χ2v) is 7.34. The third kappa shape index (κ3) is 6.14. The van der Waals surface area contributed by atoms with Crippen LogP contribution in [0.5, 0.6) is 0 Å². The molecule has 0 aliphatic carbocycles.